The highest BCUT2D eigenvalue weighted by Gasteiger charge is 2.27. The molecular formula is C21H22N4O2. The van der Waals surface area contributed by atoms with E-state index < -0.39 is 0 Å². The van der Waals surface area contributed by atoms with Gasteiger partial charge in [-0.1, -0.05) is 12.1 Å². The summed E-state index contributed by atoms with van der Waals surface area (Å²) in [5.41, 5.74) is 5.67. The molecule has 0 saturated carbocycles. The Morgan fingerprint density at radius 1 is 1.11 bits per heavy atom. The van der Waals surface area contributed by atoms with Gasteiger partial charge in [-0.2, -0.15) is 0 Å². The maximum absolute atomic E-state index is 13.3. The first-order valence-corrected chi connectivity index (χ1v) is 9.62. The van der Waals surface area contributed by atoms with E-state index in [1.165, 1.54) is 29.5 Å². The molecule has 1 aromatic carbocycles. The van der Waals surface area contributed by atoms with Crippen LogP contribution in [0.5, 0.6) is 0 Å². The van der Waals surface area contributed by atoms with Gasteiger partial charge >= 0.3 is 0 Å². The summed E-state index contributed by atoms with van der Waals surface area (Å²) < 4.78 is 0. The van der Waals surface area contributed by atoms with Crippen LogP contribution in [0.3, 0.4) is 0 Å². The fourth-order valence-corrected chi connectivity index (χ4v) is 4.52. The van der Waals surface area contributed by atoms with E-state index in [0.717, 1.165) is 18.4 Å². The number of hydrogen-bond donors (Lipinski definition) is 2. The van der Waals surface area contributed by atoms with Crippen molar-refractivity contribution >= 4 is 16.8 Å². The van der Waals surface area contributed by atoms with Crippen LogP contribution in [0.4, 0.5) is 0 Å². The number of H-pyrrole nitrogens is 2. The number of hydrogen-bond acceptors (Lipinski definition) is 3. The third-order valence-electron chi connectivity index (χ3n) is 5.84. The van der Waals surface area contributed by atoms with E-state index in [9.17, 15) is 9.59 Å². The third-order valence-corrected chi connectivity index (χ3v) is 5.84. The van der Waals surface area contributed by atoms with Crippen LogP contribution in [0.2, 0.25) is 0 Å². The number of nitrogens with one attached hydrogen (secondary N) is 2. The summed E-state index contributed by atoms with van der Waals surface area (Å²) in [6.07, 6.45) is 5.09. The fraction of sp³-hybridized carbons (Fsp3) is 0.381. The molecule has 0 saturated heterocycles. The second-order valence-corrected chi connectivity index (χ2v) is 7.57. The van der Waals surface area contributed by atoms with Gasteiger partial charge in [0.05, 0.1) is 23.3 Å². The van der Waals surface area contributed by atoms with E-state index in [1.807, 2.05) is 17.0 Å². The second kappa shape index (κ2) is 6.08. The number of benzene rings is 1. The topological polar surface area (TPSA) is 81.8 Å². The van der Waals surface area contributed by atoms with Gasteiger partial charge in [-0.3, -0.25) is 9.59 Å². The number of nitrogens with zero attached hydrogens (tertiary/aromatic N) is 2. The zero-order valence-electron chi connectivity index (χ0n) is 15.4. The van der Waals surface area contributed by atoms with Crippen molar-refractivity contribution < 1.29 is 4.79 Å². The van der Waals surface area contributed by atoms with Crippen LogP contribution in [0, 0.1) is 6.92 Å². The summed E-state index contributed by atoms with van der Waals surface area (Å²) in [6, 6.07) is 5.99. The predicted molar refractivity (Wildman–Crippen MR) is 103 cm³/mol. The van der Waals surface area contributed by atoms with Crippen molar-refractivity contribution in [2.45, 2.75) is 45.6 Å². The van der Waals surface area contributed by atoms with Crippen molar-refractivity contribution in [1.82, 2.24) is 19.9 Å². The standard InChI is InChI=1S/C21H22N4O2/c1-12-22-18-11-25(10-9-15(18)20(26)23-12)21(27)16-7-4-6-14-13-5-2-3-8-17(13)24-19(14)16/h4,6-7,24H,2-3,5,8-11H2,1H3,(H,22,23,26). The summed E-state index contributed by atoms with van der Waals surface area (Å²) in [7, 11) is 0. The van der Waals surface area contributed by atoms with Crippen LogP contribution in [0.1, 0.15) is 51.5 Å². The molecule has 2 N–H and O–H groups in total. The van der Waals surface area contributed by atoms with Gasteiger partial charge in [-0.25, -0.2) is 4.98 Å². The summed E-state index contributed by atoms with van der Waals surface area (Å²) in [4.78, 5) is 38.0. The van der Waals surface area contributed by atoms with Crippen molar-refractivity contribution in [3.8, 4) is 0 Å². The van der Waals surface area contributed by atoms with Crippen molar-refractivity contribution in [3.05, 3.63) is 62.5 Å². The number of carbonyl (C=O) groups excluding carboxylic acids is 1. The molecule has 6 nitrogen and oxygen atoms in total. The van der Waals surface area contributed by atoms with Crippen molar-refractivity contribution in [2.24, 2.45) is 0 Å². The number of carbonyl (C=O) groups is 1. The Morgan fingerprint density at radius 3 is 2.85 bits per heavy atom. The highest BCUT2D eigenvalue weighted by Crippen LogP contribution is 2.31. The quantitative estimate of drug-likeness (QED) is 0.698. The maximum atomic E-state index is 13.3. The number of aromatic nitrogens is 3. The summed E-state index contributed by atoms with van der Waals surface area (Å²) in [5.74, 6) is 0.594. The second-order valence-electron chi connectivity index (χ2n) is 7.57. The number of fused-ring (bicyclic) bond motifs is 4. The number of aryl methyl sites for hydroxylation is 3. The molecule has 0 atom stereocenters. The van der Waals surface area contributed by atoms with Gasteiger partial charge in [0, 0.05) is 23.2 Å². The Labute approximate surface area is 156 Å². The van der Waals surface area contributed by atoms with E-state index in [-0.39, 0.29) is 11.5 Å². The molecule has 1 aliphatic carbocycles. The Balaban J connectivity index is 1.53. The minimum atomic E-state index is -0.0799. The Kier molecular flexibility index (Phi) is 3.67. The van der Waals surface area contributed by atoms with E-state index in [0.29, 0.717) is 42.2 Å². The molecule has 2 aromatic heterocycles. The van der Waals surface area contributed by atoms with E-state index in [1.54, 1.807) is 6.92 Å². The largest absolute Gasteiger partial charge is 0.358 e. The van der Waals surface area contributed by atoms with Crippen LogP contribution in [-0.4, -0.2) is 32.3 Å². The van der Waals surface area contributed by atoms with Gasteiger partial charge < -0.3 is 14.9 Å². The number of aromatic amines is 2. The van der Waals surface area contributed by atoms with Crippen molar-refractivity contribution in [1.29, 1.82) is 0 Å². The van der Waals surface area contributed by atoms with Crippen LogP contribution in [-0.2, 0) is 25.8 Å². The molecule has 0 spiro atoms. The molecule has 1 amide bonds. The highest BCUT2D eigenvalue weighted by atomic mass is 16.2. The van der Waals surface area contributed by atoms with Gasteiger partial charge in [0.2, 0.25) is 0 Å². The fourth-order valence-electron chi connectivity index (χ4n) is 4.52. The SMILES string of the molecule is Cc1nc2c(c(=O)[nH]1)CCN(C(=O)c1cccc3c4c([nH]c13)CCCC4)C2. The first-order valence-electron chi connectivity index (χ1n) is 9.62. The third kappa shape index (κ3) is 2.59. The summed E-state index contributed by atoms with van der Waals surface area (Å²) in [5, 5.41) is 1.18. The van der Waals surface area contributed by atoms with Crippen LogP contribution in [0.25, 0.3) is 10.9 Å². The highest BCUT2D eigenvalue weighted by molar-refractivity contribution is 6.06. The molecule has 27 heavy (non-hydrogen) atoms. The molecule has 6 heteroatoms. The lowest BCUT2D eigenvalue weighted by atomic mass is 9.95. The molecule has 138 valence electrons. The lowest BCUT2D eigenvalue weighted by molar-refractivity contribution is 0.0733. The normalized spacial score (nSPS) is 16.3. The molecular weight excluding hydrogens is 340 g/mol. The first kappa shape index (κ1) is 16.3. The number of para-hydroxylation sites is 1. The van der Waals surface area contributed by atoms with Crippen molar-refractivity contribution in [3.63, 3.8) is 0 Å². The van der Waals surface area contributed by atoms with Gasteiger partial charge in [-0.05, 0) is 50.7 Å². The Hall–Kier alpha value is -2.89. The molecule has 0 unspecified atom stereocenters. The predicted octanol–water partition coefficient (Wildman–Crippen LogP) is 2.64. The molecule has 2 aliphatic rings. The summed E-state index contributed by atoms with van der Waals surface area (Å²) >= 11 is 0. The van der Waals surface area contributed by atoms with E-state index in [4.69, 9.17) is 0 Å². The lowest BCUT2D eigenvalue weighted by Gasteiger charge is -2.28. The minimum Gasteiger partial charge on any atom is -0.358 e. The molecule has 1 aliphatic heterocycles. The van der Waals surface area contributed by atoms with Crippen molar-refractivity contribution in [2.75, 3.05) is 6.54 Å². The van der Waals surface area contributed by atoms with E-state index in [2.05, 4.69) is 21.0 Å². The van der Waals surface area contributed by atoms with E-state index >= 15 is 0 Å². The molecule has 0 fully saturated rings. The monoisotopic (exact) mass is 362 g/mol. The maximum Gasteiger partial charge on any atom is 0.256 e. The molecule has 0 bridgehead atoms. The molecule has 3 heterocycles. The number of amides is 1. The minimum absolute atomic E-state index is 0.00424. The Bertz CT molecular complexity index is 1130. The van der Waals surface area contributed by atoms with Gasteiger partial charge in [0.25, 0.3) is 11.5 Å². The van der Waals surface area contributed by atoms with Crippen LogP contribution < -0.4 is 5.56 Å². The van der Waals surface area contributed by atoms with Gasteiger partial charge in [0.15, 0.2) is 0 Å². The number of rotatable bonds is 1. The zero-order chi connectivity index (χ0) is 18.5. The van der Waals surface area contributed by atoms with Gasteiger partial charge in [-0.15, -0.1) is 0 Å². The van der Waals surface area contributed by atoms with Gasteiger partial charge in [0.1, 0.15) is 5.82 Å². The lowest BCUT2D eigenvalue weighted by Crippen LogP contribution is -2.39. The molecule has 3 aromatic rings. The average molecular weight is 362 g/mol. The van der Waals surface area contributed by atoms with Crippen LogP contribution >= 0.6 is 0 Å². The molecule has 0 radical (unpaired) electrons. The zero-order valence-corrected chi connectivity index (χ0v) is 15.4. The smallest absolute Gasteiger partial charge is 0.256 e. The Morgan fingerprint density at radius 2 is 1.96 bits per heavy atom. The average Bonchev–Trinajstić information content (AvgIpc) is 3.05. The summed E-state index contributed by atoms with van der Waals surface area (Å²) in [6.45, 7) is 2.69. The molecule has 5 rings (SSSR count). The van der Waals surface area contributed by atoms with Crippen LogP contribution in [0.15, 0.2) is 23.0 Å². The first-order chi connectivity index (χ1) is 13.1.